The van der Waals surface area contributed by atoms with Crippen LogP contribution in [0.3, 0.4) is 0 Å². The van der Waals surface area contributed by atoms with Crippen LogP contribution in [0.5, 0.6) is 0 Å². The molecular weight excluding hydrogens is 169 g/mol. The Balaban J connectivity index is 3.22. The van der Waals surface area contributed by atoms with E-state index in [1.165, 1.54) is 0 Å². The first-order valence-corrected chi connectivity index (χ1v) is 3.91. The Kier molecular flexibility index (Phi) is 5.24. The molecule has 12 heavy (non-hydrogen) atoms. The molecule has 1 N–H and O–H groups in total. The Morgan fingerprint density at radius 1 is 1.33 bits per heavy atom. The Bertz CT molecular complexity index is 114. The van der Waals surface area contributed by atoms with Crippen molar-refractivity contribution in [3.05, 3.63) is 0 Å². The van der Waals surface area contributed by atoms with Gasteiger partial charge in [-0.2, -0.15) is 13.2 Å². The third-order valence-electron chi connectivity index (χ3n) is 1.54. The lowest BCUT2D eigenvalue weighted by atomic mass is 10.5. The van der Waals surface area contributed by atoms with Gasteiger partial charge in [0.25, 0.3) is 0 Å². The molecule has 0 fully saturated rings. The molecule has 0 rings (SSSR count). The van der Waals surface area contributed by atoms with Gasteiger partial charge in [0.2, 0.25) is 0 Å². The molecule has 0 heterocycles. The van der Waals surface area contributed by atoms with Gasteiger partial charge < -0.3 is 10.2 Å². The summed E-state index contributed by atoms with van der Waals surface area (Å²) >= 11 is 0. The minimum Gasteiger partial charge on any atom is -0.307 e. The standard InChI is InChI=1S/C7H15F3N2/c1-3-12(2)5-4-11-6-7(8,9)10/h11H,3-6H2,1-2H3. The van der Waals surface area contributed by atoms with Crippen LogP contribution < -0.4 is 5.32 Å². The van der Waals surface area contributed by atoms with Crippen LogP contribution in [0.25, 0.3) is 0 Å². The zero-order chi connectivity index (χ0) is 9.61. The van der Waals surface area contributed by atoms with Crippen LogP contribution in [0, 0.1) is 0 Å². The molecule has 0 aromatic rings. The number of hydrogen-bond donors (Lipinski definition) is 1. The first kappa shape index (κ1) is 11.7. The molecule has 0 unspecified atom stereocenters. The summed E-state index contributed by atoms with van der Waals surface area (Å²) in [6.45, 7) is 2.94. The molecule has 0 saturated carbocycles. The molecule has 0 atom stereocenters. The van der Waals surface area contributed by atoms with Gasteiger partial charge in [-0.15, -0.1) is 0 Å². The van der Waals surface area contributed by atoms with Crippen LogP contribution in [-0.4, -0.2) is 44.3 Å². The summed E-state index contributed by atoms with van der Waals surface area (Å²) in [6.07, 6.45) is -4.09. The van der Waals surface area contributed by atoms with Crippen LogP contribution >= 0.6 is 0 Å². The van der Waals surface area contributed by atoms with Crippen molar-refractivity contribution in [1.29, 1.82) is 0 Å². The van der Waals surface area contributed by atoms with E-state index in [-0.39, 0.29) is 0 Å². The first-order valence-electron chi connectivity index (χ1n) is 3.91. The zero-order valence-corrected chi connectivity index (χ0v) is 7.41. The molecule has 0 aliphatic carbocycles. The molecular formula is C7H15F3N2. The topological polar surface area (TPSA) is 15.3 Å². The quantitative estimate of drug-likeness (QED) is 0.643. The minimum atomic E-state index is -4.09. The fourth-order valence-corrected chi connectivity index (χ4v) is 0.658. The molecule has 0 bridgehead atoms. The van der Waals surface area contributed by atoms with E-state index in [1.54, 1.807) is 0 Å². The van der Waals surface area contributed by atoms with Crippen LogP contribution in [0.2, 0.25) is 0 Å². The minimum absolute atomic E-state index is 0.379. The Labute approximate surface area is 70.7 Å². The summed E-state index contributed by atoms with van der Waals surface area (Å²) in [7, 11) is 1.87. The van der Waals surface area contributed by atoms with Gasteiger partial charge in [-0.25, -0.2) is 0 Å². The van der Waals surface area contributed by atoms with Gasteiger partial charge in [0, 0.05) is 13.1 Å². The molecule has 0 amide bonds. The highest BCUT2D eigenvalue weighted by atomic mass is 19.4. The highest BCUT2D eigenvalue weighted by molar-refractivity contribution is 4.57. The van der Waals surface area contributed by atoms with E-state index < -0.39 is 12.7 Å². The predicted octanol–water partition coefficient (Wildman–Crippen LogP) is 1.09. The third kappa shape index (κ3) is 7.81. The maximum Gasteiger partial charge on any atom is 0.401 e. The van der Waals surface area contributed by atoms with Gasteiger partial charge in [-0.3, -0.25) is 0 Å². The van der Waals surface area contributed by atoms with Crippen LogP contribution in [0.4, 0.5) is 13.2 Å². The van der Waals surface area contributed by atoms with Crippen LogP contribution in [-0.2, 0) is 0 Å². The highest BCUT2D eigenvalue weighted by Crippen LogP contribution is 2.11. The highest BCUT2D eigenvalue weighted by Gasteiger charge is 2.25. The largest absolute Gasteiger partial charge is 0.401 e. The normalized spacial score (nSPS) is 12.5. The molecule has 2 nitrogen and oxygen atoms in total. The van der Waals surface area contributed by atoms with E-state index >= 15 is 0 Å². The molecule has 5 heteroatoms. The third-order valence-corrected chi connectivity index (χ3v) is 1.54. The van der Waals surface area contributed by atoms with Gasteiger partial charge in [0.15, 0.2) is 0 Å². The van der Waals surface area contributed by atoms with E-state index in [9.17, 15) is 13.2 Å². The lowest BCUT2D eigenvalue weighted by molar-refractivity contribution is -0.124. The summed E-state index contributed by atoms with van der Waals surface area (Å²) in [5.41, 5.74) is 0. The van der Waals surface area contributed by atoms with Crippen molar-refractivity contribution in [3.8, 4) is 0 Å². The molecule has 0 saturated heterocycles. The van der Waals surface area contributed by atoms with Gasteiger partial charge in [0.1, 0.15) is 0 Å². The molecule has 74 valence electrons. The number of hydrogen-bond acceptors (Lipinski definition) is 2. The molecule has 0 aliphatic rings. The zero-order valence-electron chi connectivity index (χ0n) is 7.41. The van der Waals surface area contributed by atoms with Crippen molar-refractivity contribution in [3.63, 3.8) is 0 Å². The van der Waals surface area contributed by atoms with E-state index in [4.69, 9.17) is 0 Å². The maximum atomic E-state index is 11.6. The van der Waals surface area contributed by atoms with E-state index in [0.29, 0.717) is 13.1 Å². The van der Waals surface area contributed by atoms with Crippen molar-refractivity contribution in [1.82, 2.24) is 10.2 Å². The van der Waals surface area contributed by atoms with E-state index in [0.717, 1.165) is 6.54 Å². The lowest BCUT2D eigenvalue weighted by Crippen LogP contribution is -2.34. The SMILES string of the molecule is CCN(C)CCNCC(F)(F)F. The van der Waals surface area contributed by atoms with E-state index in [2.05, 4.69) is 5.32 Å². The van der Waals surface area contributed by atoms with Crippen molar-refractivity contribution in [2.24, 2.45) is 0 Å². The smallest absolute Gasteiger partial charge is 0.307 e. The monoisotopic (exact) mass is 184 g/mol. The van der Waals surface area contributed by atoms with E-state index in [1.807, 2.05) is 18.9 Å². The first-order chi connectivity index (χ1) is 5.45. The predicted molar refractivity (Wildman–Crippen MR) is 42.1 cm³/mol. The van der Waals surface area contributed by atoms with Crippen LogP contribution in [0.1, 0.15) is 6.92 Å². The van der Waals surface area contributed by atoms with Gasteiger partial charge >= 0.3 is 6.18 Å². The van der Waals surface area contributed by atoms with Crippen molar-refractivity contribution in [2.45, 2.75) is 13.1 Å². The van der Waals surface area contributed by atoms with Crippen molar-refractivity contribution >= 4 is 0 Å². The number of rotatable bonds is 5. The fraction of sp³-hybridized carbons (Fsp3) is 1.00. The van der Waals surface area contributed by atoms with Gasteiger partial charge in [-0.1, -0.05) is 6.92 Å². The Hall–Kier alpha value is -0.290. The number of nitrogens with one attached hydrogen (secondary N) is 1. The molecule has 0 aromatic heterocycles. The average molecular weight is 184 g/mol. The second kappa shape index (κ2) is 5.37. The number of halogens is 3. The van der Waals surface area contributed by atoms with Gasteiger partial charge in [-0.05, 0) is 13.6 Å². The number of nitrogens with zero attached hydrogens (tertiary/aromatic N) is 1. The Morgan fingerprint density at radius 3 is 2.33 bits per heavy atom. The molecule has 0 aliphatic heterocycles. The average Bonchev–Trinajstić information content (AvgIpc) is 1.96. The summed E-state index contributed by atoms with van der Waals surface area (Å²) in [5.74, 6) is 0. The number of likely N-dealkylation sites (N-methyl/N-ethyl adjacent to an activating group) is 1. The molecule has 0 spiro atoms. The second-order valence-electron chi connectivity index (χ2n) is 2.69. The van der Waals surface area contributed by atoms with Crippen molar-refractivity contribution < 1.29 is 13.2 Å². The summed E-state index contributed by atoms with van der Waals surface area (Å²) in [4.78, 5) is 1.95. The number of alkyl halides is 3. The summed E-state index contributed by atoms with van der Waals surface area (Å²) in [6, 6.07) is 0. The summed E-state index contributed by atoms with van der Waals surface area (Å²) < 4.78 is 34.8. The lowest BCUT2D eigenvalue weighted by Gasteiger charge is -2.14. The summed E-state index contributed by atoms with van der Waals surface area (Å²) in [5, 5.41) is 2.32. The molecule has 0 aromatic carbocycles. The fourth-order valence-electron chi connectivity index (χ4n) is 0.658. The maximum absolute atomic E-state index is 11.6. The Morgan fingerprint density at radius 2 is 1.92 bits per heavy atom. The second-order valence-corrected chi connectivity index (χ2v) is 2.69. The van der Waals surface area contributed by atoms with Crippen LogP contribution in [0.15, 0.2) is 0 Å². The van der Waals surface area contributed by atoms with Crippen molar-refractivity contribution in [2.75, 3.05) is 33.2 Å². The van der Waals surface area contributed by atoms with Gasteiger partial charge in [0.05, 0.1) is 6.54 Å². The molecule has 0 radical (unpaired) electrons.